The number of aliphatic hydroxyl groups is 2. The number of unbranched alkanes of at least 4 members (excludes halogenated alkanes) is 1. The number of carboxylic acids is 1. The molecule has 2 N–H and O–H groups in total. The van der Waals surface area contributed by atoms with Crippen molar-refractivity contribution in [1.29, 1.82) is 0 Å². The van der Waals surface area contributed by atoms with Crippen molar-refractivity contribution in [2.45, 2.75) is 38.4 Å². The molecule has 0 bridgehead atoms. The molecule has 34 heavy (non-hydrogen) atoms. The maximum absolute atomic E-state index is 11.0. The number of pyridine rings is 1. The Labute approximate surface area is 212 Å². The van der Waals surface area contributed by atoms with Crippen molar-refractivity contribution in [3.63, 3.8) is 0 Å². The van der Waals surface area contributed by atoms with E-state index in [1.807, 2.05) is 30.3 Å². The molecular weight excluding hydrogens is 425 g/mol. The summed E-state index contributed by atoms with van der Waals surface area (Å²) < 4.78 is 5.70. The molecule has 2 atom stereocenters. The summed E-state index contributed by atoms with van der Waals surface area (Å²) in [7, 11) is 0. The molecule has 1 aromatic heterocycles. The van der Waals surface area contributed by atoms with E-state index in [0.717, 1.165) is 24.2 Å². The predicted octanol–water partition coefficient (Wildman–Crippen LogP) is 0.651. The number of aliphatic hydroxyl groups excluding tert-OH is 2. The molecule has 0 saturated carbocycles. The van der Waals surface area contributed by atoms with Gasteiger partial charge in [-0.15, -0.1) is 0 Å². The van der Waals surface area contributed by atoms with Gasteiger partial charge in [0.2, 0.25) is 0 Å². The number of aromatic nitrogens is 1. The van der Waals surface area contributed by atoms with Crippen LogP contribution in [0.25, 0.3) is 6.08 Å². The van der Waals surface area contributed by atoms with Gasteiger partial charge in [-0.2, -0.15) is 0 Å². The van der Waals surface area contributed by atoms with E-state index < -0.39 is 18.2 Å². The van der Waals surface area contributed by atoms with E-state index in [-0.39, 0.29) is 30.8 Å². The smallest absolute Gasteiger partial charge is 0.545 e. The number of benzene rings is 2. The van der Waals surface area contributed by atoms with E-state index >= 15 is 0 Å². The fraction of sp³-hybridized carbons (Fsp3) is 0.259. The van der Waals surface area contributed by atoms with Crippen molar-refractivity contribution in [2.75, 3.05) is 6.61 Å². The van der Waals surface area contributed by atoms with Crippen molar-refractivity contribution in [2.24, 2.45) is 0 Å². The van der Waals surface area contributed by atoms with Gasteiger partial charge in [-0.05, 0) is 65.6 Å². The molecule has 0 amide bonds. The largest absolute Gasteiger partial charge is 1.00 e. The first-order valence-electron chi connectivity index (χ1n) is 11.0. The van der Waals surface area contributed by atoms with Crippen LogP contribution in [0.4, 0.5) is 0 Å². The van der Waals surface area contributed by atoms with Gasteiger partial charge in [0.05, 0.1) is 30.5 Å². The molecule has 0 fully saturated rings. The minimum Gasteiger partial charge on any atom is -0.545 e. The number of carboxylic acid groups (broad SMARTS) is 1. The number of carbonyl (C=O) groups excluding carboxylic acids is 1. The van der Waals surface area contributed by atoms with Gasteiger partial charge in [0, 0.05) is 12.1 Å². The Morgan fingerprint density at radius 1 is 1.06 bits per heavy atom. The third kappa shape index (κ3) is 8.16. The monoisotopic (exact) mass is 453 g/mol. The Balaban J connectivity index is 0.00000408. The first kappa shape index (κ1) is 27.4. The first-order chi connectivity index (χ1) is 16.0. The number of aromatic carboxylic acids is 1. The molecule has 172 valence electrons. The Kier molecular flexibility index (Phi) is 11.1. The molecule has 1 heterocycles. The molecule has 0 saturated heterocycles. The molecule has 6 nitrogen and oxygen atoms in total. The summed E-state index contributed by atoms with van der Waals surface area (Å²) in [6.07, 6.45) is 3.91. The van der Waals surface area contributed by atoms with Crippen LogP contribution in [0.3, 0.4) is 0 Å². The average Bonchev–Trinajstić information content (AvgIpc) is 2.83. The molecule has 0 radical (unpaired) electrons. The number of carbonyl (C=O) groups is 1. The van der Waals surface area contributed by atoms with Gasteiger partial charge in [0.25, 0.3) is 0 Å². The molecule has 0 spiro atoms. The van der Waals surface area contributed by atoms with Crippen molar-refractivity contribution in [3.05, 3.63) is 101 Å². The van der Waals surface area contributed by atoms with Gasteiger partial charge in [0.1, 0.15) is 5.75 Å². The molecule has 3 rings (SSSR count). The summed E-state index contributed by atoms with van der Waals surface area (Å²) in [5.74, 6) is -0.559. The summed E-state index contributed by atoms with van der Waals surface area (Å²) in [6.45, 7) is 2.75. The Bertz CT molecular complexity index is 1100. The summed E-state index contributed by atoms with van der Waals surface area (Å²) in [4.78, 5) is 15.6. The van der Waals surface area contributed by atoms with E-state index in [2.05, 4.69) is 11.9 Å². The van der Waals surface area contributed by atoms with Crippen LogP contribution in [0, 0.1) is 0 Å². The summed E-state index contributed by atoms with van der Waals surface area (Å²) >= 11 is 0. The summed E-state index contributed by atoms with van der Waals surface area (Å²) in [6, 6.07) is 18.9. The van der Waals surface area contributed by atoms with Gasteiger partial charge in [-0.25, -0.2) is 0 Å². The zero-order valence-electron chi connectivity index (χ0n) is 19.6. The normalized spacial score (nSPS) is 12.7. The van der Waals surface area contributed by atoms with Crippen LogP contribution in [0.1, 0.15) is 64.8 Å². The molecule has 2 aromatic carbocycles. The van der Waals surface area contributed by atoms with E-state index in [4.69, 9.17) is 4.74 Å². The number of hydrogen-bond donors (Lipinski definition) is 2. The van der Waals surface area contributed by atoms with Crippen molar-refractivity contribution in [1.82, 2.24) is 4.98 Å². The van der Waals surface area contributed by atoms with Crippen LogP contribution in [0.15, 0.2) is 72.8 Å². The van der Waals surface area contributed by atoms with Crippen LogP contribution in [0.2, 0.25) is 0 Å². The predicted molar refractivity (Wildman–Crippen MR) is 125 cm³/mol. The summed E-state index contributed by atoms with van der Waals surface area (Å²) in [5, 5.41) is 32.1. The van der Waals surface area contributed by atoms with Gasteiger partial charge < -0.3 is 24.9 Å². The number of hydrogen-bond acceptors (Lipinski definition) is 6. The van der Waals surface area contributed by atoms with Gasteiger partial charge in [-0.1, -0.05) is 49.7 Å². The Morgan fingerprint density at radius 3 is 2.56 bits per heavy atom. The molecule has 7 heteroatoms. The molecule has 0 aliphatic carbocycles. The van der Waals surface area contributed by atoms with E-state index in [1.165, 1.54) is 12.1 Å². The fourth-order valence-electron chi connectivity index (χ4n) is 3.32. The van der Waals surface area contributed by atoms with Crippen LogP contribution in [-0.4, -0.2) is 27.8 Å². The molecule has 0 aliphatic rings. The minimum atomic E-state index is -1.29. The van der Waals surface area contributed by atoms with Crippen molar-refractivity contribution >= 4 is 12.0 Å². The van der Waals surface area contributed by atoms with E-state index in [0.29, 0.717) is 23.6 Å². The molecule has 0 aliphatic heterocycles. The van der Waals surface area contributed by atoms with Crippen LogP contribution < -0.4 is 28.7 Å². The van der Waals surface area contributed by atoms with Crippen molar-refractivity contribution < 1.29 is 43.7 Å². The van der Waals surface area contributed by atoms with Crippen LogP contribution in [-0.2, 0) is 6.42 Å². The van der Waals surface area contributed by atoms with Gasteiger partial charge in [0.15, 0.2) is 0 Å². The zero-order chi connectivity index (χ0) is 23.6. The van der Waals surface area contributed by atoms with Gasteiger partial charge in [-0.3, -0.25) is 4.98 Å². The summed E-state index contributed by atoms with van der Waals surface area (Å²) in [5.41, 5.74) is 2.50. The number of ether oxygens (including phenoxy) is 1. The molecule has 2 unspecified atom stereocenters. The second kappa shape index (κ2) is 13.7. The maximum Gasteiger partial charge on any atom is 1.00 e. The van der Waals surface area contributed by atoms with Gasteiger partial charge >= 0.3 is 18.9 Å². The number of nitrogens with zero attached hydrogens (tertiary/aromatic N) is 1. The topological polar surface area (TPSA) is 103 Å². The molecule has 3 aromatic rings. The average molecular weight is 453 g/mol. The molecular formula is C27H28LiNO5. The number of rotatable bonds is 11. The van der Waals surface area contributed by atoms with Crippen LogP contribution >= 0.6 is 0 Å². The second-order valence-corrected chi connectivity index (χ2v) is 7.77. The fourth-order valence-corrected chi connectivity index (χ4v) is 3.32. The van der Waals surface area contributed by atoms with E-state index in [1.54, 1.807) is 36.4 Å². The Hall–Kier alpha value is -2.88. The SMILES string of the molecule is CCCCOc1cccc(C(O)/C=C/c2cccc(CC(O)c3cccc(C(=O)[O-])c3)n2)c1.[Li+]. The Morgan fingerprint density at radius 2 is 1.79 bits per heavy atom. The van der Waals surface area contributed by atoms with E-state index in [9.17, 15) is 20.1 Å². The maximum atomic E-state index is 11.0. The standard InChI is InChI=1S/C27H29NO5.Li/c1-2-3-15-33-24-12-5-8-20(17-24)25(29)14-13-22-10-6-11-23(28-22)18-26(30)19-7-4-9-21(16-19)27(31)32;/h4-14,16-17,25-26,29-30H,2-3,15,18H2,1H3,(H,31,32);/q;+1/p-1/b14-13+;. The third-order valence-corrected chi connectivity index (χ3v) is 5.15. The third-order valence-electron chi connectivity index (χ3n) is 5.15. The second-order valence-electron chi connectivity index (χ2n) is 7.77. The zero-order valence-corrected chi connectivity index (χ0v) is 19.6. The quantitative estimate of drug-likeness (QED) is 0.327. The van der Waals surface area contributed by atoms with Crippen molar-refractivity contribution in [3.8, 4) is 5.75 Å². The first-order valence-corrected chi connectivity index (χ1v) is 11.0. The minimum absolute atomic E-state index is 0. The van der Waals surface area contributed by atoms with Crippen LogP contribution in [0.5, 0.6) is 5.75 Å².